The predicted molar refractivity (Wildman–Crippen MR) is 155 cm³/mol. The smallest absolute Gasteiger partial charge is 0.358 e. The second-order valence-electron chi connectivity index (χ2n) is 13.5. The lowest BCUT2D eigenvalue weighted by Crippen LogP contribution is -2.63. The van der Waals surface area contributed by atoms with E-state index in [2.05, 4.69) is 27.8 Å². The molecule has 0 aromatic carbocycles. The van der Waals surface area contributed by atoms with Crippen LogP contribution < -0.4 is 27.4 Å². The average Bonchev–Trinajstić information content (AvgIpc) is 3.44. The van der Waals surface area contributed by atoms with Gasteiger partial charge >= 0.3 is 6.18 Å². The van der Waals surface area contributed by atoms with E-state index < -0.39 is 36.5 Å². The second-order valence-corrected chi connectivity index (χ2v) is 13.5. The zero-order valence-corrected chi connectivity index (χ0v) is 25.0. The highest BCUT2D eigenvalue weighted by atomic mass is 19.4. The van der Waals surface area contributed by atoms with Crippen LogP contribution in [-0.2, 0) is 4.79 Å². The lowest BCUT2D eigenvalue weighted by atomic mass is 9.68. The topological polar surface area (TPSA) is 112 Å². The summed E-state index contributed by atoms with van der Waals surface area (Å²) in [6, 6.07) is -2.16. The van der Waals surface area contributed by atoms with Crippen molar-refractivity contribution in [1.29, 1.82) is 0 Å². The number of nitrogens with zero attached hydrogens (tertiary/aromatic N) is 2. The molecule has 0 radical (unpaired) electrons. The van der Waals surface area contributed by atoms with E-state index in [9.17, 15) is 22.4 Å². The Morgan fingerprint density at radius 2 is 1.76 bits per heavy atom. The van der Waals surface area contributed by atoms with Gasteiger partial charge in [-0.2, -0.15) is 13.2 Å². The third-order valence-electron chi connectivity index (χ3n) is 10.7. The third kappa shape index (κ3) is 7.25. The quantitative estimate of drug-likeness (QED) is 0.244. The van der Waals surface area contributed by atoms with Gasteiger partial charge in [0, 0.05) is 44.0 Å². The second kappa shape index (κ2) is 13.7. The Labute approximate surface area is 247 Å². The van der Waals surface area contributed by atoms with Crippen LogP contribution in [0.3, 0.4) is 0 Å². The number of halogens is 4. The molecule has 4 fully saturated rings. The van der Waals surface area contributed by atoms with Crippen molar-refractivity contribution in [3.8, 4) is 0 Å². The number of hydrogen-bond acceptors (Lipinski definition) is 7. The third-order valence-corrected chi connectivity index (χ3v) is 10.7. The van der Waals surface area contributed by atoms with Gasteiger partial charge < -0.3 is 27.0 Å². The van der Waals surface area contributed by atoms with E-state index in [4.69, 9.17) is 11.5 Å². The zero-order valence-electron chi connectivity index (χ0n) is 25.0. The Hall–Kier alpha value is -1.47. The molecule has 0 spiro atoms. The van der Waals surface area contributed by atoms with Crippen molar-refractivity contribution >= 4 is 5.91 Å². The van der Waals surface area contributed by atoms with Gasteiger partial charge in [-0.05, 0) is 62.9 Å². The normalized spacial score (nSPS) is 37.7. The highest BCUT2D eigenvalue weighted by molar-refractivity contribution is 5.81. The summed E-state index contributed by atoms with van der Waals surface area (Å²) >= 11 is 0. The van der Waals surface area contributed by atoms with Crippen LogP contribution in [0.4, 0.5) is 17.6 Å². The molecular weight excluding hydrogens is 550 g/mol. The SMILES string of the molecule is C[C@H]1CCCCCC2=C(N3CNC(C(F)(F)F)C3)C(NC(=O)C(C(N)N)C3NCC(F)CCC4CCCCC43)CN1C2. The molecule has 12 heteroatoms. The standard InChI is InChI=1S/C30H51F4N7O/c1-18-7-3-2-4-9-20-14-40(18)15-23(27(20)41-16-24(38-17-41)30(32,33)34)39-29(42)25(28(35)36)26-22-10-6-5-8-19(22)11-12-21(31)13-37-26/h18-19,21-26,28,37-38H,2-17,35-36H2,1H3,(H,39,42)/t18-,19?,21?,22?,23?,24?,25?,26?/m0/s1. The Balaban J connectivity index is 1.44. The molecule has 9 atom stereocenters. The lowest BCUT2D eigenvalue weighted by molar-refractivity contribution is -0.150. The van der Waals surface area contributed by atoms with Crippen LogP contribution >= 0.6 is 0 Å². The number of hydrogen-bond donors (Lipinski definition) is 5. The van der Waals surface area contributed by atoms with E-state index in [0.29, 0.717) is 31.5 Å². The van der Waals surface area contributed by atoms with Crippen molar-refractivity contribution in [2.24, 2.45) is 29.2 Å². The lowest BCUT2D eigenvalue weighted by Gasteiger charge is -2.45. The molecule has 2 bridgehead atoms. The largest absolute Gasteiger partial charge is 0.405 e. The summed E-state index contributed by atoms with van der Waals surface area (Å²) in [7, 11) is 0. The van der Waals surface area contributed by atoms with E-state index in [0.717, 1.165) is 75.5 Å². The molecule has 240 valence electrons. The van der Waals surface area contributed by atoms with Gasteiger partial charge in [0.25, 0.3) is 0 Å². The van der Waals surface area contributed by atoms with E-state index in [-0.39, 0.29) is 37.6 Å². The minimum absolute atomic E-state index is 0.0799. The number of nitrogens with two attached hydrogens (primary N) is 2. The molecule has 1 aliphatic carbocycles. The number of carbonyl (C=O) groups excluding carboxylic acids is 1. The summed E-state index contributed by atoms with van der Waals surface area (Å²) in [5.74, 6) is -0.592. The maximum atomic E-state index is 14.7. The summed E-state index contributed by atoms with van der Waals surface area (Å²) in [4.78, 5) is 18.4. The molecule has 0 aromatic heterocycles. The molecule has 4 aliphatic heterocycles. The minimum Gasteiger partial charge on any atom is -0.358 e. The number of alkyl halides is 4. The highest BCUT2D eigenvalue weighted by Crippen LogP contribution is 2.40. The molecule has 4 heterocycles. The molecule has 8 nitrogen and oxygen atoms in total. The van der Waals surface area contributed by atoms with Crippen LogP contribution in [0, 0.1) is 17.8 Å². The first kappa shape index (κ1) is 31.9. The van der Waals surface area contributed by atoms with Gasteiger partial charge in [0.2, 0.25) is 5.91 Å². The van der Waals surface area contributed by atoms with Crippen molar-refractivity contribution in [2.45, 2.75) is 120 Å². The van der Waals surface area contributed by atoms with E-state index in [1.54, 1.807) is 4.90 Å². The fraction of sp³-hybridized carbons (Fsp3) is 0.900. The van der Waals surface area contributed by atoms with Crippen LogP contribution in [0.1, 0.15) is 77.6 Å². The Bertz CT molecular complexity index is 962. The maximum Gasteiger partial charge on any atom is 0.405 e. The van der Waals surface area contributed by atoms with Crippen LogP contribution in [-0.4, -0.2) is 91.2 Å². The Kier molecular flexibility index (Phi) is 10.4. The average molecular weight is 602 g/mol. The monoisotopic (exact) mass is 601 g/mol. The number of rotatable bonds is 5. The Morgan fingerprint density at radius 1 is 1.00 bits per heavy atom. The number of fused-ring (bicyclic) bond motifs is 3. The van der Waals surface area contributed by atoms with E-state index in [1.165, 1.54) is 0 Å². The first-order chi connectivity index (χ1) is 20.0. The van der Waals surface area contributed by atoms with Gasteiger partial charge in [-0.3, -0.25) is 15.0 Å². The first-order valence-corrected chi connectivity index (χ1v) is 16.2. The molecule has 7 N–H and O–H groups in total. The molecule has 8 unspecified atom stereocenters. The molecular formula is C30H51F4N7O. The summed E-state index contributed by atoms with van der Waals surface area (Å²) < 4.78 is 55.7. The minimum atomic E-state index is -4.35. The fourth-order valence-electron chi connectivity index (χ4n) is 8.39. The summed E-state index contributed by atoms with van der Waals surface area (Å²) in [6.45, 7) is 3.46. The number of carbonyl (C=O) groups is 1. The van der Waals surface area contributed by atoms with Crippen molar-refractivity contribution in [3.05, 3.63) is 11.3 Å². The number of nitrogens with one attached hydrogen (secondary N) is 3. The molecule has 3 saturated heterocycles. The molecule has 1 amide bonds. The van der Waals surface area contributed by atoms with Gasteiger partial charge in [0.15, 0.2) is 0 Å². The van der Waals surface area contributed by atoms with Gasteiger partial charge in [-0.25, -0.2) is 4.39 Å². The predicted octanol–water partition coefficient (Wildman–Crippen LogP) is 2.94. The van der Waals surface area contributed by atoms with Gasteiger partial charge in [0.05, 0.1) is 24.8 Å². The molecule has 0 aromatic rings. The van der Waals surface area contributed by atoms with Gasteiger partial charge in [0.1, 0.15) is 12.2 Å². The van der Waals surface area contributed by atoms with Crippen molar-refractivity contribution in [3.63, 3.8) is 0 Å². The van der Waals surface area contributed by atoms with Gasteiger partial charge in [-0.1, -0.05) is 32.1 Å². The van der Waals surface area contributed by atoms with E-state index in [1.807, 2.05) is 0 Å². The van der Waals surface area contributed by atoms with Crippen LogP contribution in [0.25, 0.3) is 0 Å². The zero-order chi connectivity index (χ0) is 30.0. The first-order valence-electron chi connectivity index (χ1n) is 16.2. The Morgan fingerprint density at radius 3 is 2.50 bits per heavy atom. The number of amides is 1. The van der Waals surface area contributed by atoms with E-state index >= 15 is 0 Å². The summed E-state index contributed by atoms with van der Waals surface area (Å²) in [5, 5.41) is 9.26. The van der Waals surface area contributed by atoms with Crippen LogP contribution in [0.15, 0.2) is 11.3 Å². The molecule has 1 saturated carbocycles. The molecule has 42 heavy (non-hydrogen) atoms. The van der Waals surface area contributed by atoms with Crippen molar-refractivity contribution < 1.29 is 22.4 Å². The van der Waals surface area contributed by atoms with Crippen LogP contribution in [0.2, 0.25) is 0 Å². The van der Waals surface area contributed by atoms with Crippen LogP contribution in [0.5, 0.6) is 0 Å². The molecule has 5 rings (SSSR count). The summed E-state index contributed by atoms with van der Waals surface area (Å²) in [6.07, 6.45) is 4.12. The van der Waals surface area contributed by atoms with Crippen molar-refractivity contribution in [2.75, 3.05) is 32.8 Å². The highest BCUT2D eigenvalue weighted by Gasteiger charge is 2.47. The fourth-order valence-corrected chi connectivity index (χ4v) is 8.39. The maximum absolute atomic E-state index is 14.7. The van der Waals surface area contributed by atoms with Gasteiger partial charge in [-0.15, -0.1) is 0 Å². The molecule has 5 aliphatic rings. The summed E-state index contributed by atoms with van der Waals surface area (Å²) in [5.41, 5.74) is 14.6. The van der Waals surface area contributed by atoms with Crippen molar-refractivity contribution in [1.82, 2.24) is 25.8 Å².